The Labute approximate surface area is 226 Å². The highest BCUT2D eigenvalue weighted by Crippen LogP contribution is 2.37. The molecule has 0 atom stereocenters. The molecule has 0 radical (unpaired) electrons. The highest BCUT2D eigenvalue weighted by molar-refractivity contribution is 5.78. The summed E-state index contributed by atoms with van der Waals surface area (Å²) < 4.78 is 5.59. The van der Waals surface area contributed by atoms with E-state index in [9.17, 15) is 0 Å². The van der Waals surface area contributed by atoms with Gasteiger partial charge in [0.25, 0.3) is 5.89 Å². The normalized spacial score (nSPS) is 11.9. The average molecular weight is 502 g/mol. The van der Waals surface area contributed by atoms with Crippen LogP contribution in [0.4, 0.5) is 17.1 Å². The Bertz CT molecular complexity index is 1430. The summed E-state index contributed by atoms with van der Waals surface area (Å²) in [7, 11) is 0. The maximum absolute atomic E-state index is 5.59. The lowest BCUT2D eigenvalue weighted by atomic mass is 9.86. The van der Waals surface area contributed by atoms with E-state index >= 15 is 0 Å². The van der Waals surface area contributed by atoms with Gasteiger partial charge in [0, 0.05) is 28.2 Å². The van der Waals surface area contributed by atoms with E-state index < -0.39 is 0 Å². The van der Waals surface area contributed by atoms with Crippen molar-refractivity contribution in [3.63, 3.8) is 0 Å². The molecule has 5 rings (SSSR count). The second kappa shape index (κ2) is 9.94. The molecule has 0 saturated carbocycles. The third kappa shape index (κ3) is 5.40. The maximum atomic E-state index is 5.59. The predicted octanol–water partition coefficient (Wildman–Crippen LogP) is 9.47. The summed E-state index contributed by atoms with van der Waals surface area (Å²) in [5, 5.41) is 4.17. The fourth-order valence-electron chi connectivity index (χ4n) is 4.47. The van der Waals surface area contributed by atoms with Crippen LogP contribution < -0.4 is 4.90 Å². The smallest absolute Gasteiger partial charge is 0.258 e. The molecule has 0 N–H and O–H groups in total. The van der Waals surface area contributed by atoms with Gasteiger partial charge in [0.05, 0.1) is 0 Å². The summed E-state index contributed by atoms with van der Waals surface area (Å²) in [6.07, 6.45) is 0. The Morgan fingerprint density at radius 3 is 1.42 bits per heavy atom. The van der Waals surface area contributed by atoms with Crippen molar-refractivity contribution in [2.45, 2.75) is 52.4 Å². The maximum Gasteiger partial charge on any atom is 0.258 e. The van der Waals surface area contributed by atoms with E-state index in [4.69, 9.17) is 4.52 Å². The third-order valence-corrected chi connectivity index (χ3v) is 6.81. The Hall–Kier alpha value is -4.18. The first-order chi connectivity index (χ1) is 18.1. The molecule has 5 aromatic rings. The molecule has 192 valence electrons. The fraction of sp³-hybridized carbons (Fsp3) is 0.235. The largest absolute Gasteiger partial charge is 0.334 e. The summed E-state index contributed by atoms with van der Waals surface area (Å²) in [5.74, 6) is 1.09. The molecule has 1 aromatic heterocycles. The average Bonchev–Trinajstić information content (AvgIpc) is 3.40. The molecule has 4 heteroatoms. The van der Waals surface area contributed by atoms with Crippen LogP contribution in [0.25, 0.3) is 22.8 Å². The molecule has 0 aliphatic carbocycles. The number of rotatable bonds is 5. The van der Waals surface area contributed by atoms with E-state index in [-0.39, 0.29) is 10.8 Å². The SMILES string of the molecule is CC(C)(C)c1ccc(N(c2ccc(-c3nc(-c4ccccc4)no3)cc2)c2ccc(C(C)(C)C)cc2)cc1. The van der Waals surface area contributed by atoms with E-state index in [2.05, 4.69) is 117 Å². The molecular weight excluding hydrogens is 466 g/mol. The number of hydrogen-bond donors (Lipinski definition) is 0. The van der Waals surface area contributed by atoms with Gasteiger partial charge >= 0.3 is 0 Å². The molecule has 38 heavy (non-hydrogen) atoms. The van der Waals surface area contributed by atoms with Crippen molar-refractivity contribution in [1.29, 1.82) is 0 Å². The minimum absolute atomic E-state index is 0.0993. The summed E-state index contributed by atoms with van der Waals surface area (Å²) in [6, 6.07) is 35.9. The summed E-state index contributed by atoms with van der Waals surface area (Å²) >= 11 is 0. The molecule has 4 aromatic carbocycles. The molecule has 0 unspecified atom stereocenters. The highest BCUT2D eigenvalue weighted by atomic mass is 16.5. The van der Waals surface area contributed by atoms with Gasteiger partial charge in [-0.1, -0.05) is 101 Å². The van der Waals surface area contributed by atoms with Crippen LogP contribution in [0.3, 0.4) is 0 Å². The van der Waals surface area contributed by atoms with Crippen molar-refractivity contribution >= 4 is 17.1 Å². The zero-order chi connectivity index (χ0) is 26.9. The summed E-state index contributed by atoms with van der Waals surface area (Å²) in [4.78, 5) is 6.90. The van der Waals surface area contributed by atoms with Gasteiger partial charge in [0.1, 0.15) is 0 Å². The zero-order valence-corrected chi connectivity index (χ0v) is 23.1. The van der Waals surface area contributed by atoms with Crippen LogP contribution in [0, 0.1) is 0 Å². The molecule has 0 amide bonds. The van der Waals surface area contributed by atoms with Crippen LogP contribution in [-0.4, -0.2) is 10.1 Å². The molecule has 0 aliphatic heterocycles. The van der Waals surface area contributed by atoms with Crippen LogP contribution in [0.1, 0.15) is 52.7 Å². The summed E-state index contributed by atoms with van der Waals surface area (Å²) in [6.45, 7) is 13.4. The lowest BCUT2D eigenvalue weighted by Crippen LogP contribution is -2.14. The van der Waals surface area contributed by atoms with Gasteiger partial charge in [-0.25, -0.2) is 0 Å². The Kier molecular flexibility index (Phi) is 6.66. The molecule has 0 bridgehead atoms. The van der Waals surface area contributed by atoms with Crippen LogP contribution in [0.5, 0.6) is 0 Å². The lowest BCUT2D eigenvalue weighted by Gasteiger charge is -2.28. The van der Waals surface area contributed by atoms with Crippen molar-refractivity contribution in [1.82, 2.24) is 10.1 Å². The first-order valence-electron chi connectivity index (χ1n) is 13.1. The molecule has 1 heterocycles. The van der Waals surface area contributed by atoms with E-state index in [0.29, 0.717) is 11.7 Å². The standard InChI is InChI=1S/C34H35N3O/c1-33(2,3)26-14-20-29(21-15-26)37(30-22-16-27(17-23-30)34(4,5)6)28-18-12-25(13-19-28)32-35-31(36-38-32)24-10-8-7-9-11-24/h7-23H,1-6H3. The van der Waals surface area contributed by atoms with Crippen molar-refractivity contribution in [2.24, 2.45) is 0 Å². The van der Waals surface area contributed by atoms with E-state index in [1.807, 2.05) is 42.5 Å². The predicted molar refractivity (Wildman–Crippen MR) is 157 cm³/mol. The third-order valence-electron chi connectivity index (χ3n) is 6.81. The van der Waals surface area contributed by atoms with Gasteiger partial charge < -0.3 is 9.42 Å². The zero-order valence-electron chi connectivity index (χ0n) is 23.1. The van der Waals surface area contributed by atoms with Gasteiger partial charge in [-0.3, -0.25) is 0 Å². The number of aromatic nitrogens is 2. The van der Waals surface area contributed by atoms with E-state index in [1.54, 1.807) is 0 Å². The molecule has 0 fully saturated rings. The van der Waals surface area contributed by atoms with Crippen molar-refractivity contribution in [3.8, 4) is 22.8 Å². The van der Waals surface area contributed by atoms with Crippen molar-refractivity contribution in [3.05, 3.63) is 114 Å². The number of benzene rings is 4. The fourth-order valence-corrected chi connectivity index (χ4v) is 4.47. The number of hydrogen-bond acceptors (Lipinski definition) is 4. The second-order valence-corrected chi connectivity index (χ2v) is 11.8. The Morgan fingerprint density at radius 2 is 0.974 bits per heavy atom. The van der Waals surface area contributed by atoms with E-state index in [1.165, 1.54) is 11.1 Å². The number of nitrogens with zero attached hydrogens (tertiary/aromatic N) is 3. The van der Waals surface area contributed by atoms with Crippen LogP contribution in [0.2, 0.25) is 0 Å². The first kappa shape index (κ1) is 25.5. The van der Waals surface area contributed by atoms with Crippen LogP contribution in [-0.2, 0) is 10.8 Å². The topological polar surface area (TPSA) is 42.2 Å². The van der Waals surface area contributed by atoms with Gasteiger partial charge in [0.15, 0.2) is 0 Å². The highest BCUT2D eigenvalue weighted by Gasteiger charge is 2.19. The van der Waals surface area contributed by atoms with Gasteiger partial charge in [-0.15, -0.1) is 0 Å². The van der Waals surface area contributed by atoms with Gasteiger partial charge in [-0.05, 0) is 70.5 Å². The minimum Gasteiger partial charge on any atom is -0.334 e. The van der Waals surface area contributed by atoms with Crippen molar-refractivity contribution < 1.29 is 4.52 Å². The Morgan fingerprint density at radius 1 is 0.526 bits per heavy atom. The van der Waals surface area contributed by atoms with Gasteiger partial charge in [-0.2, -0.15) is 4.98 Å². The quantitative estimate of drug-likeness (QED) is 0.240. The first-order valence-corrected chi connectivity index (χ1v) is 13.1. The molecule has 0 aliphatic rings. The van der Waals surface area contributed by atoms with Gasteiger partial charge in [0.2, 0.25) is 5.82 Å². The van der Waals surface area contributed by atoms with Crippen LogP contribution in [0.15, 0.2) is 108 Å². The monoisotopic (exact) mass is 501 g/mol. The molecular formula is C34H35N3O. The Balaban J connectivity index is 1.50. The molecule has 0 spiro atoms. The van der Waals surface area contributed by atoms with Crippen molar-refractivity contribution in [2.75, 3.05) is 4.90 Å². The number of anilines is 3. The summed E-state index contributed by atoms with van der Waals surface area (Å²) in [5.41, 5.74) is 7.91. The van der Waals surface area contributed by atoms with Crippen LogP contribution >= 0.6 is 0 Å². The molecule has 4 nitrogen and oxygen atoms in total. The lowest BCUT2D eigenvalue weighted by molar-refractivity contribution is 0.432. The second-order valence-electron chi connectivity index (χ2n) is 11.8. The minimum atomic E-state index is 0.0993. The molecule has 0 saturated heterocycles. The van der Waals surface area contributed by atoms with E-state index in [0.717, 1.165) is 28.2 Å².